The van der Waals surface area contributed by atoms with Gasteiger partial charge in [-0.05, 0) is 43.6 Å². The zero-order valence-corrected chi connectivity index (χ0v) is 13.3. The Hall–Kier alpha value is -1.85. The van der Waals surface area contributed by atoms with Crippen LogP contribution in [0.2, 0.25) is 5.15 Å². The molecule has 0 saturated carbocycles. The molecule has 4 heterocycles. The Morgan fingerprint density at radius 1 is 1.23 bits per heavy atom. The van der Waals surface area contributed by atoms with Crippen LogP contribution in [0, 0.1) is 0 Å². The van der Waals surface area contributed by atoms with E-state index in [-0.39, 0.29) is 0 Å². The number of fused-ring (bicyclic) bond motifs is 1. The molecule has 114 valence electrons. The lowest BCUT2D eigenvalue weighted by atomic mass is 10.2. The third kappa shape index (κ3) is 2.30. The Morgan fingerprint density at radius 2 is 2.05 bits per heavy atom. The molecule has 6 heteroatoms. The molecule has 0 atom stereocenters. The highest BCUT2D eigenvalue weighted by molar-refractivity contribution is 6.31. The number of imidazole rings is 1. The first-order chi connectivity index (χ1) is 10.7. The number of pyridine rings is 1. The second kappa shape index (κ2) is 5.41. The Balaban J connectivity index is 1.81. The van der Waals surface area contributed by atoms with Crippen LogP contribution < -0.4 is 0 Å². The first-order valence-corrected chi connectivity index (χ1v) is 7.96. The highest BCUT2D eigenvalue weighted by Gasteiger charge is 2.17. The predicted molar refractivity (Wildman–Crippen MR) is 87.4 cm³/mol. The van der Waals surface area contributed by atoms with Gasteiger partial charge in [0.25, 0.3) is 0 Å². The molecule has 3 aromatic heterocycles. The van der Waals surface area contributed by atoms with Gasteiger partial charge in [0.1, 0.15) is 10.8 Å². The lowest BCUT2D eigenvalue weighted by Gasteiger charge is -2.15. The zero-order valence-electron chi connectivity index (χ0n) is 12.5. The van der Waals surface area contributed by atoms with Crippen molar-refractivity contribution in [2.45, 2.75) is 19.4 Å². The molecule has 1 saturated heterocycles. The Labute approximate surface area is 134 Å². The van der Waals surface area contributed by atoms with Crippen LogP contribution >= 0.6 is 11.6 Å². The van der Waals surface area contributed by atoms with E-state index in [1.807, 2.05) is 34.6 Å². The molecule has 0 spiro atoms. The van der Waals surface area contributed by atoms with Crippen molar-refractivity contribution in [2.75, 3.05) is 13.1 Å². The smallest absolute Gasteiger partial charge is 0.157 e. The van der Waals surface area contributed by atoms with E-state index in [4.69, 9.17) is 11.6 Å². The van der Waals surface area contributed by atoms with Crippen molar-refractivity contribution >= 4 is 22.6 Å². The first-order valence-electron chi connectivity index (χ1n) is 7.58. The van der Waals surface area contributed by atoms with Gasteiger partial charge >= 0.3 is 0 Å². The zero-order chi connectivity index (χ0) is 15.1. The van der Waals surface area contributed by atoms with Gasteiger partial charge in [0.15, 0.2) is 5.82 Å². The van der Waals surface area contributed by atoms with E-state index in [1.54, 1.807) is 6.33 Å². The highest BCUT2D eigenvalue weighted by atomic mass is 35.5. The molecule has 0 N–H and O–H groups in total. The van der Waals surface area contributed by atoms with Gasteiger partial charge in [-0.15, -0.1) is 0 Å². The van der Waals surface area contributed by atoms with E-state index < -0.39 is 0 Å². The van der Waals surface area contributed by atoms with Gasteiger partial charge in [0.05, 0.1) is 6.33 Å². The van der Waals surface area contributed by atoms with Crippen molar-refractivity contribution in [3.63, 3.8) is 0 Å². The van der Waals surface area contributed by atoms with Crippen LogP contribution in [-0.2, 0) is 13.6 Å². The van der Waals surface area contributed by atoms with E-state index in [2.05, 4.69) is 20.9 Å². The van der Waals surface area contributed by atoms with E-state index in [0.29, 0.717) is 5.15 Å². The standard InChI is InChI=1S/C16H18ClN5/c1-20-10-15(19-11-20)22-14(17)8-13-12(4-5-18-16(13)22)9-21-6-2-3-7-21/h4-5,8,10-11H,2-3,6-7,9H2,1H3. The van der Waals surface area contributed by atoms with Gasteiger partial charge in [0.2, 0.25) is 0 Å². The van der Waals surface area contributed by atoms with E-state index in [1.165, 1.54) is 31.5 Å². The average molecular weight is 316 g/mol. The quantitative estimate of drug-likeness (QED) is 0.746. The number of nitrogens with zero attached hydrogens (tertiary/aromatic N) is 5. The summed E-state index contributed by atoms with van der Waals surface area (Å²) < 4.78 is 3.82. The maximum atomic E-state index is 6.46. The summed E-state index contributed by atoms with van der Waals surface area (Å²) in [6.07, 6.45) is 8.17. The van der Waals surface area contributed by atoms with Crippen LogP contribution in [0.15, 0.2) is 30.9 Å². The lowest BCUT2D eigenvalue weighted by molar-refractivity contribution is 0.332. The minimum atomic E-state index is 0.648. The third-order valence-electron chi connectivity index (χ3n) is 4.26. The number of likely N-dealkylation sites (tertiary alicyclic amines) is 1. The molecule has 4 rings (SSSR count). The summed E-state index contributed by atoms with van der Waals surface area (Å²) in [5, 5.41) is 1.76. The molecular weight excluding hydrogens is 298 g/mol. The first kappa shape index (κ1) is 13.8. The summed E-state index contributed by atoms with van der Waals surface area (Å²) in [6, 6.07) is 4.10. The topological polar surface area (TPSA) is 38.9 Å². The number of hydrogen-bond acceptors (Lipinski definition) is 3. The van der Waals surface area contributed by atoms with E-state index >= 15 is 0 Å². The maximum absolute atomic E-state index is 6.46. The summed E-state index contributed by atoms with van der Waals surface area (Å²) >= 11 is 6.46. The van der Waals surface area contributed by atoms with Crippen molar-refractivity contribution in [2.24, 2.45) is 7.05 Å². The van der Waals surface area contributed by atoms with Crippen LogP contribution in [0.25, 0.3) is 16.9 Å². The summed E-state index contributed by atoms with van der Waals surface area (Å²) in [5.74, 6) is 0.799. The van der Waals surface area contributed by atoms with Crippen molar-refractivity contribution in [1.82, 2.24) is 24.0 Å². The Kier molecular flexibility index (Phi) is 3.39. The van der Waals surface area contributed by atoms with Gasteiger partial charge in [0, 0.05) is 31.4 Å². The second-order valence-electron chi connectivity index (χ2n) is 5.89. The SMILES string of the molecule is Cn1cnc(-n2c(Cl)cc3c(CN4CCCC4)ccnc32)c1. The Bertz CT molecular complexity index is 813. The van der Waals surface area contributed by atoms with Crippen molar-refractivity contribution in [3.05, 3.63) is 41.6 Å². The van der Waals surface area contributed by atoms with Crippen molar-refractivity contribution < 1.29 is 0 Å². The molecule has 1 aliphatic rings. The second-order valence-corrected chi connectivity index (χ2v) is 6.28. The lowest BCUT2D eigenvalue weighted by Crippen LogP contribution is -2.18. The maximum Gasteiger partial charge on any atom is 0.157 e. The fourth-order valence-corrected chi connectivity index (χ4v) is 3.45. The molecule has 0 amide bonds. The Morgan fingerprint density at radius 3 is 2.77 bits per heavy atom. The molecule has 0 unspecified atom stereocenters. The minimum Gasteiger partial charge on any atom is -0.338 e. The molecule has 5 nitrogen and oxygen atoms in total. The van der Waals surface area contributed by atoms with Crippen LogP contribution in [0.3, 0.4) is 0 Å². The van der Waals surface area contributed by atoms with E-state index in [0.717, 1.165) is 23.4 Å². The molecule has 22 heavy (non-hydrogen) atoms. The van der Waals surface area contributed by atoms with Crippen LogP contribution in [0.4, 0.5) is 0 Å². The van der Waals surface area contributed by atoms with Crippen LogP contribution in [0.1, 0.15) is 18.4 Å². The highest BCUT2D eigenvalue weighted by Crippen LogP contribution is 2.29. The van der Waals surface area contributed by atoms with Crippen LogP contribution in [-0.4, -0.2) is 37.1 Å². The average Bonchev–Trinajstić information content (AvgIpc) is 3.19. The number of aryl methyl sites for hydroxylation is 1. The molecule has 0 bridgehead atoms. The van der Waals surface area contributed by atoms with E-state index in [9.17, 15) is 0 Å². The number of aromatic nitrogens is 4. The summed E-state index contributed by atoms with van der Waals surface area (Å²) in [4.78, 5) is 11.4. The number of rotatable bonds is 3. The molecular formula is C16H18ClN5. The summed E-state index contributed by atoms with van der Waals surface area (Å²) in [7, 11) is 1.95. The fraction of sp³-hybridized carbons (Fsp3) is 0.375. The van der Waals surface area contributed by atoms with Gasteiger partial charge in [-0.25, -0.2) is 9.97 Å². The van der Waals surface area contributed by atoms with Gasteiger partial charge in [-0.2, -0.15) is 0 Å². The molecule has 0 aliphatic carbocycles. The monoisotopic (exact) mass is 315 g/mol. The van der Waals surface area contributed by atoms with Crippen molar-refractivity contribution in [1.29, 1.82) is 0 Å². The largest absolute Gasteiger partial charge is 0.338 e. The fourth-order valence-electron chi connectivity index (χ4n) is 3.17. The van der Waals surface area contributed by atoms with Gasteiger partial charge in [-0.1, -0.05) is 11.6 Å². The van der Waals surface area contributed by atoms with Gasteiger partial charge < -0.3 is 4.57 Å². The predicted octanol–water partition coefficient (Wildman–Crippen LogP) is 3.01. The molecule has 1 aliphatic heterocycles. The molecule has 1 fully saturated rings. The van der Waals surface area contributed by atoms with Gasteiger partial charge in [-0.3, -0.25) is 9.47 Å². The number of halogens is 1. The minimum absolute atomic E-state index is 0.648. The van der Waals surface area contributed by atoms with Crippen molar-refractivity contribution in [3.8, 4) is 5.82 Å². The van der Waals surface area contributed by atoms with Crippen LogP contribution in [0.5, 0.6) is 0 Å². The summed E-state index contributed by atoms with van der Waals surface area (Å²) in [6.45, 7) is 3.32. The molecule has 3 aromatic rings. The third-order valence-corrected chi connectivity index (χ3v) is 4.54. The molecule has 0 radical (unpaired) electrons. The normalized spacial score (nSPS) is 15.9. The number of hydrogen-bond donors (Lipinski definition) is 0. The summed E-state index contributed by atoms with van der Waals surface area (Å²) in [5.41, 5.74) is 2.16. The molecule has 0 aromatic carbocycles.